The molecule has 11 heteroatoms. The fourth-order valence-electron chi connectivity index (χ4n) is 8.15. The van der Waals surface area contributed by atoms with E-state index in [2.05, 4.69) is 10.3 Å². The van der Waals surface area contributed by atoms with E-state index in [0.29, 0.717) is 30.7 Å². The molecule has 44 heavy (non-hydrogen) atoms. The molecule has 2 heterocycles. The first-order valence-electron chi connectivity index (χ1n) is 15.7. The molecule has 2 unspecified atom stereocenters. The van der Waals surface area contributed by atoms with Crippen LogP contribution in [0.15, 0.2) is 42.1 Å². The predicted octanol–water partition coefficient (Wildman–Crippen LogP) is 2.69. The van der Waals surface area contributed by atoms with Crippen molar-refractivity contribution in [3.8, 4) is 0 Å². The Morgan fingerprint density at radius 2 is 1.98 bits per heavy atom. The highest BCUT2D eigenvalue weighted by atomic mass is 16.6. The van der Waals surface area contributed by atoms with Gasteiger partial charge in [0.05, 0.1) is 11.7 Å². The molecule has 4 aliphatic rings. The summed E-state index contributed by atoms with van der Waals surface area (Å²) in [6.45, 7) is 9.30. The average molecular weight is 613 g/mol. The second kappa shape index (κ2) is 12.5. The Labute approximate surface area is 257 Å². The zero-order valence-electron chi connectivity index (χ0n) is 25.9. The maximum absolute atomic E-state index is 13.0. The number of amides is 1. The molecule has 240 valence electrons. The Morgan fingerprint density at radius 1 is 1.23 bits per heavy atom. The van der Waals surface area contributed by atoms with Gasteiger partial charge < -0.3 is 34.7 Å². The molecule has 12 atom stereocenters. The number of ether oxygens (including phenoxy) is 3. The summed E-state index contributed by atoms with van der Waals surface area (Å²) in [7, 11) is 0. The maximum Gasteiger partial charge on any atom is 0.397 e. The van der Waals surface area contributed by atoms with Crippen LogP contribution in [0.4, 0.5) is 0 Å². The Balaban J connectivity index is 1.40. The minimum absolute atomic E-state index is 0.0201. The van der Waals surface area contributed by atoms with Gasteiger partial charge in [0.1, 0.15) is 24.0 Å². The van der Waals surface area contributed by atoms with Gasteiger partial charge in [-0.25, -0.2) is 9.59 Å². The fraction of sp³-hybridized carbons (Fsp3) is 0.636. The SMILES string of the molecule is CCCNC(=O)C(=O)O[C@H](C)[C@H]1OC(=O)CC[C@H]2C=CC3C([C@@H]4[C@H](O)[C@@H](C)[C@@H](OC(=O)c5ccc[nH]5)[C@@H]34)[C@]2(O)/C(C)=C/[C@H]1C. The minimum atomic E-state index is -1.38. The van der Waals surface area contributed by atoms with Gasteiger partial charge in [-0.3, -0.25) is 9.59 Å². The number of rotatable bonds is 6. The first kappa shape index (κ1) is 32.0. The fourth-order valence-corrected chi connectivity index (χ4v) is 8.15. The molecule has 3 aliphatic carbocycles. The van der Waals surface area contributed by atoms with E-state index >= 15 is 0 Å². The van der Waals surface area contributed by atoms with Gasteiger partial charge in [-0.2, -0.15) is 0 Å². The molecular weight excluding hydrogens is 568 g/mol. The zero-order valence-corrected chi connectivity index (χ0v) is 25.9. The number of cyclic esters (lactones) is 1. The van der Waals surface area contributed by atoms with Gasteiger partial charge >= 0.3 is 23.8 Å². The molecule has 0 radical (unpaired) electrons. The van der Waals surface area contributed by atoms with Crippen LogP contribution >= 0.6 is 0 Å². The smallest absolute Gasteiger partial charge is 0.397 e. The largest absolute Gasteiger partial charge is 0.458 e. The van der Waals surface area contributed by atoms with E-state index in [-0.39, 0.29) is 36.0 Å². The van der Waals surface area contributed by atoms with Gasteiger partial charge in [0.2, 0.25) is 0 Å². The summed E-state index contributed by atoms with van der Waals surface area (Å²) < 4.78 is 17.1. The molecule has 2 saturated carbocycles. The number of H-pyrrole nitrogens is 1. The van der Waals surface area contributed by atoms with Crippen LogP contribution < -0.4 is 5.32 Å². The molecule has 2 fully saturated rings. The van der Waals surface area contributed by atoms with Crippen molar-refractivity contribution >= 4 is 23.8 Å². The van der Waals surface area contributed by atoms with Crippen LogP contribution in [0.1, 0.15) is 64.4 Å². The van der Waals surface area contributed by atoms with Crippen LogP contribution in [0.3, 0.4) is 0 Å². The summed E-state index contributed by atoms with van der Waals surface area (Å²) in [5, 5.41) is 26.6. The van der Waals surface area contributed by atoms with Crippen molar-refractivity contribution in [1.82, 2.24) is 10.3 Å². The molecule has 0 saturated heterocycles. The highest BCUT2D eigenvalue weighted by Gasteiger charge is 2.70. The Kier molecular flexibility index (Phi) is 9.09. The van der Waals surface area contributed by atoms with E-state index < -0.39 is 65.7 Å². The molecule has 0 aromatic carbocycles. The van der Waals surface area contributed by atoms with E-state index in [1.807, 2.05) is 45.9 Å². The highest BCUT2D eigenvalue weighted by Crippen LogP contribution is 2.66. The van der Waals surface area contributed by atoms with Gasteiger partial charge in [-0.05, 0) is 56.2 Å². The van der Waals surface area contributed by atoms with E-state index in [0.717, 1.165) is 0 Å². The number of fused-ring (bicyclic) bond motifs is 6. The van der Waals surface area contributed by atoms with Crippen molar-refractivity contribution in [2.75, 3.05) is 6.54 Å². The standard InChI is InChI=1S/C33H44N2O9/c1-6-13-35-30(38)32(40)42-19(5)28-16(2)15-17(3)33(41)20(10-12-23(36)43-28)9-11-21-24-25(26(21)33)27(37)18(4)29(24)44-31(39)22-8-7-14-34-22/h7-9,11,14-16,18-21,24-29,34,37,41H,6,10,12-13H2,1-5H3,(H,35,38)/b17-15+/t16-,18-,19-,20-,21?,24+,25-,26?,27-,28+,29-,33+/m1/s1. The van der Waals surface area contributed by atoms with E-state index in [4.69, 9.17) is 14.2 Å². The Bertz CT molecular complexity index is 1320. The van der Waals surface area contributed by atoms with Crippen LogP contribution in [0.2, 0.25) is 0 Å². The molecule has 0 bridgehead atoms. The lowest BCUT2D eigenvalue weighted by Crippen LogP contribution is -2.64. The van der Waals surface area contributed by atoms with Gasteiger partial charge in [0.25, 0.3) is 0 Å². The third-order valence-corrected chi connectivity index (χ3v) is 10.3. The molecule has 0 spiro atoms. The van der Waals surface area contributed by atoms with Gasteiger partial charge in [0, 0.05) is 48.8 Å². The van der Waals surface area contributed by atoms with Gasteiger partial charge in [-0.15, -0.1) is 0 Å². The van der Waals surface area contributed by atoms with Gasteiger partial charge in [0.15, 0.2) is 0 Å². The van der Waals surface area contributed by atoms with Crippen molar-refractivity contribution in [3.63, 3.8) is 0 Å². The van der Waals surface area contributed by atoms with Crippen LogP contribution in [0.5, 0.6) is 0 Å². The highest BCUT2D eigenvalue weighted by molar-refractivity contribution is 6.32. The van der Waals surface area contributed by atoms with Crippen molar-refractivity contribution in [2.24, 2.45) is 41.4 Å². The van der Waals surface area contributed by atoms with Gasteiger partial charge in [-0.1, -0.05) is 39.0 Å². The Hall–Kier alpha value is -3.44. The first-order chi connectivity index (χ1) is 20.9. The normalized spacial score (nSPS) is 39.6. The number of carbonyl (C=O) groups excluding carboxylic acids is 4. The zero-order chi connectivity index (χ0) is 31.9. The second-order valence-electron chi connectivity index (χ2n) is 12.9. The third kappa shape index (κ3) is 5.49. The Morgan fingerprint density at radius 3 is 2.66 bits per heavy atom. The monoisotopic (exact) mass is 612 g/mol. The summed E-state index contributed by atoms with van der Waals surface area (Å²) in [5.41, 5.74) is -0.371. The topological polar surface area (TPSA) is 164 Å². The number of aromatic amines is 1. The number of hydrogen-bond donors (Lipinski definition) is 4. The number of hydrogen-bond acceptors (Lipinski definition) is 9. The minimum Gasteiger partial charge on any atom is -0.458 e. The molecule has 1 aromatic rings. The lowest BCUT2D eigenvalue weighted by atomic mass is 9.46. The molecule has 1 amide bonds. The lowest BCUT2D eigenvalue weighted by molar-refractivity contribution is -0.180. The van der Waals surface area contributed by atoms with Crippen molar-refractivity contribution in [1.29, 1.82) is 0 Å². The first-order valence-corrected chi connectivity index (χ1v) is 15.7. The van der Waals surface area contributed by atoms with Crippen molar-refractivity contribution < 1.29 is 43.6 Å². The summed E-state index contributed by atoms with van der Waals surface area (Å²) >= 11 is 0. The van der Waals surface area contributed by atoms with Crippen molar-refractivity contribution in [3.05, 3.63) is 47.8 Å². The molecule has 1 aromatic heterocycles. The lowest BCUT2D eigenvalue weighted by Gasteiger charge is -2.61. The number of aliphatic hydroxyl groups excluding tert-OH is 1. The van der Waals surface area contributed by atoms with E-state index in [1.165, 1.54) is 0 Å². The number of esters is 3. The molecule has 5 rings (SSSR count). The quantitative estimate of drug-likeness (QED) is 0.164. The summed E-state index contributed by atoms with van der Waals surface area (Å²) in [6, 6.07) is 3.36. The third-order valence-electron chi connectivity index (χ3n) is 10.3. The molecule has 4 N–H and O–H groups in total. The summed E-state index contributed by atoms with van der Waals surface area (Å²) in [5.74, 6) is -5.10. The number of aromatic nitrogens is 1. The van der Waals surface area contributed by atoms with Crippen LogP contribution in [0.25, 0.3) is 0 Å². The van der Waals surface area contributed by atoms with Crippen molar-refractivity contribution in [2.45, 2.75) is 83.9 Å². The molecule has 11 nitrogen and oxygen atoms in total. The molecular formula is C33H44N2O9. The van der Waals surface area contributed by atoms with Crippen LogP contribution in [-0.2, 0) is 28.6 Å². The van der Waals surface area contributed by atoms with Crippen LogP contribution in [-0.4, -0.2) is 75.6 Å². The van der Waals surface area contributed by atoms with Crippen LogP contribution in [0, 0.1) is 41.4 Å². The summed E-state index contributed by atoms with van der Waals surface area (Å²) in [6.07, 6.45) is 5.34. The maximum atomic E-state index is 13.0. The number of nitrogens with one attached hydrogen (secondary N) is 2. The number of allylic oxidation sites excluding steroid dienone is 1. The number of carbonyl (C=O) groups is 4. The van der Waals surface area contributed by atoms with E-state index in [1.54, 1.807) is 25.3 Å². The number of aliphatic hydroxyl groups is 2. The van der Waals surface area contributed by atoms with E-state index in [9.17, 15) is 29.4 Å². The molecule has 1 aliphatic heterocycles. The average Bonchev–Trinajstić information content (AvgIpc) is 3.58. The second-order valence-corrected chi connectivity index (χ2v) is 12.9. The summed E-state index contributed by atoms with van der Waals surface area (Å²) in [4.78, 5) is 53.2. The predicted molar refractivity (Wildman–Crippen MR) is 158 cm³/mol.